The van der Waals surface area contributed by atoms with Gasteiger partial charge in [-0.3, -0.25) is 9.69 Å². The minimum atomic E-state index is 0.125. The van der Waals surface area contributed by atoms with Gasteiger partial charge in [0.1, 0.15) is 0 Å². The maximum absolute atomic E-state index is 12.3. The van der Waals surface area contributed by atoms with E-state index in [-0.39, 0.29) is 5.91 Å². The Morgan fingerprint density at radius 1 is 1.14 bits per heavy atom. The van der Waals surface area contributed by atoms with Crippen LogP contribution >= 0.6 is 0 Å². The van der Waals surface area contributed by atoms with Crippen LogP contribution in [0.4, 0.5) is 5.69 Å². The summed E-state index contributed by atoms with van der Waals surface area (Å²) in [7, 11) is 0. The van der Waals surface area contributed by atoms with Crippen LogP contribution in [-0.4, -0.2) is 30.4 Å². The summed E-state index contributed by atoms with van der Waals surface area (Å²) in [6.45, 7) is 6.83. The standard InChI is InChI=1S/C18H28N2O/c1-3-16-11-9-10-15(2)18(16)19-17(21)14-20-12-7-5-4-6-8-13-20/h9-11H,3-8,12-14H2,1-2H3,(H,19,21). The smallest absolute Gasteiger partial charge is 0.238 e. The van der Waals surface area contributed by atoms with Crippen molar-refractivity contribution in [3.05, 3.63) is 29.3 Å². The summed E-state index contributed by atoms with van der Waals surface area (Å²) in [6, 6.07) is 6.21. The lowest BCUT2D eigenvalue weighted by Gasteiger charge is -2.24. The molecule has 3 heteroatoms. The highest BCUT2D eigenvalue weighted by Gasteiger charge is 2.14. The summed E-state index contributed by atoms with van der Waals surface area (Å²) in [5.41, 5.74) is 3.38. The number of nitrogens with zero attached hydrogens (tertiary/aromatic N) is 1. The first-order valence-electron chi connectivity index (χ1n) is 8.31. The number of nitrogens with one attached hydrogen (secondary N) is 1. The molecule has 0 radical (unpaired) electrons. The van der Waals surface area contributed by atoms with E-state index in [9.17, 15) is 4.79 Å². The lowest BCUT2D eigenvalue weighted by atomic mass is 10.1. The van der Waals surface area contributed by atoms with Crippen LogP contribution in [0.5, 0.6) is 0 Å². The van der Waals surface area contributed by atoms with Crippen molar-refractivity contribution in [2.75, 3.05) is 25.0 Å². The number of amides is 1. The molecule has 1 amide bonds. The number of hydrogen-bond donors (Lipinski definition) is 1. The van der Waals surface area contributed by atoms with Gasteiger partial charge in [0, 0.05) is 5.69 Å². The molecule has 0 aliphatic carbocycles. The second kappa shape index (κ2) is 8.18. The molecule has 1 aliphatic heterocycles. The van der Waals surface area contributed by atoms with Gasteiger partial charge in [0.15, 0.2) is 0 Å². The van der Waals surface area contributed by atoms with Crippen molar-refractivity contribution in [3.8, 4) is 0 Å². The summed E-state index contributed by atoms with van der Waals surface area (Å²) in [5.74, 6) is 0.125. The second-order valence-electron chi connectivity index (χ2n) is 6.05. The number of hydrogen-bond acceptors (Lipinski definition) is 2. The van der Waals surface area contributed by atoms with Gasteiger partial charge >= 0.3 is 0 Å². The van der Waals surface area contributed by atoms with Crippen LogP contribution in [0.3, 0.4) is 0 Å². The van der Waals surface area contributed by atoms with E-state index >= 15 is 0 Å². The zero-order valence-corrected chi connectivity index (χ0v) is 13.5. The van der Waals surface area contributed by atoms with Gasteiger partial charge in [-0.05, 0) is 50.4 Å². The minimum absolute atomic E-state index is 0.125. The number of para-hydroxylation sites is 1. The number of rotatable bonds is 4. The van der Waals surface area contributed by atoms with Gasteiger partial charge in [-0.25, -0.2) is 0 Å². The summed E-state index contributed by atoms with van der Waals surface area (Å²) in [6.07, 6.45) is 7.34. The lowest BCUT2D eigenvalue weighted by molar-refractivity contribution is -0.117. The van der Waals surface area contributed by atoms with Crippen LogP contribution in [-0.2, 0) is 11.2 Å². The number of likely N-dealkylation sites (tertiary alicyclic amines) is 1. The Morgan fingerprint density at radius 2 is 1.81 bits per heavy atom. The number of anilines is 1. The molecule has 1 saturated heterocycles. The molecule has 0 atom stereocenters. The first-order chi connectivity index (χ1) is 10.2. The van der Waals surface area contributed by atoms with E-state index in [2.05, 4.69) is 42.3 Å². The van der Waals surface area contributed by atoms with E-state index in [1.54, 1.807) is 0 Å². The maximum atomic E-state index is 12.3. The molecule has 1 fully saturated rings. The monoisotopic (exact) mass is 288 g/mol. The van der Waals surface area contributed by atoms with Crippen molar-refractivity contribution < 1.29 is 4.79 Å². The molecule has 1 aromatic carbocycles. The fourth-order valence-corrected chi connectivity index (χ4v) is 3.06. The molecule has 1 N–H and O–H groups in total. The number of carbonyl (C=O) groups excluding carboxylic acids is 1. The normalized spacial score (nSPS) is 17.0. The van der Waals surface area contributed by atoms with Crippen molar-refractivity contribution in [2.45, 2.75) is 52.4 Å². The Labute approximate surface area is 128 Å². The Kier molecular flexibility index (Phi) is 6.24. The highest BCUT2D eigenvalue weighted by atomic mass is 16.2. The maximum Gasteiger partial charge on any atom is 0.238 e. The van der Waals surface area contributed by atoms with Crippen LogP contribution in [0, 0.1) is 6.92 Å². The average molecular weight is 288 g/mol. The Balaban J connectivity index is 1.94. The fraction of sp³-hybridized carbons (Fsp3) is 0.611. The number of benzene rings is 1. The van der Waals surface area contributed by atoms with Crippen molar-refractivity contribution in [2.24, 2.45) is 0 Å². The largest absolute Gasteiger partial charge is 0.324 e. The van der Waals surface area contributed by atoms with Crippen molar-refractivity contribution in [1.82, 2.24) is 4.90 Å². The highest BCUT2D eigenvalue weighted by molar-refractivity contribution is 5.93. The molecule has 2 rings (SSSR count). The molecular weight excluding hydrogens is 260 g/mol. The first kappa shape index (κ1) is 16.0. The van der Waals surface area contributed by atoms with Crippen LogP contribution in [0.15, 0.2) is 18.2 Å². The number of aryl methyl sites for hydroxylation is 2. The van der Waals surface area contributed by atoms with E-state index in [4.69, 9.17) is 0 Å². The molecule has 0 bridgehead atoms. The Morgan fingerprint density at radius 3 is 2.48 bits per heavy atom. The van der Waals surface area contributed by atoms with E-state index in [0.717, 1.165) is 30.8 Å². The number of carbonyl (C=O) groups is 1. The topological polar surface area (TPSA) is 32.3 Å². The van der Waals surface area contributed by atoms with Gasteiger partial charge in [-0.15, -0.1) is 0 Å². The zero-order chi connectivity index (χ0) is 15.1. The molecule has 116 valence electrons. The van der Waals surface area contributed by atoms with Gasteiger partial charge < -0.3 is 5.32 Å². The van der Waals surface area contributed by atoms with E-state index in [1.165, 1.54) is 37.7 Å². The molecule has 1 aliphatic rings. The second-order valence-corrected chi connectivity index (χ2v) is 6.05. The molecule has 21 heavy (non-hydrogen) atoms. The third-order valence-electron chi connectivity index (χ3n) is 4.32. The molecule has 1 heterocycles. The molecule has 0 unspecified atom stereocenters. The van der Waals surface area contributed by atoms with Gasteiger partial charge in [0.25, 0.3) is 0 Å². The lowest BCUT2D eigenvalue weighted by Crippen LogP contribution is -2.35. The molecule has 0 saturated carbocycles. The quantitative estimate of drug-likeness (QED) is 0.915. The molecule has 0 aromatic heterocycles. The predicted molar refractivity (Wildman–Crippen MR) is 88.7 cm³/mol. The third kappa shape index (κ3) is 4.85. The van der Waals surface area contributed by atoms with Crippen LogP contribution in [0.2, 0.25) is 0 Å². The SMILES string of the molecule is CCc1cccc(C)c1NC(=O)CN1CCCCCCC1. The van der Waals surface area contributed by atoms with Gasteiger partial charge in [-0.2, -0.15) is 0 Å². The van der Waals surface area contributed by atoms with Gasteiger partial charge in [0.2, 0.25) is 5.91 Å². The Hall–Kier alpha value is -1.35. The van der Waals surface area contributed by atoms with Gasteiger partial charge in [-0.1, -0.05) is 44.4 Å². The molecule has 1 aromatic rings. The van der Waals surface area contributed by atoms with Crippen molar-refractivity contribution in [3.63, 3.8) is 0 Å². The molecule has 3 nitrogen and oxygen atoms in total. The zero-order valence-electron chi connectivity index (χ0n) is 13.5. The van der Waals surface area contributed by atoms with Crippen molar-refractivity contribution >= 4 is 11.6 Å². The highest BCUT2D eigenvalue weighted by Crippen LogP contribution is 2.21. The fourth-order valence-electron chi connectivity index (χ4n) is 3.06. The summed E-state index contributed by atoms with van der Waals surface area (Å²) >= 11 is 0. The summed E-state index contributed by atoms with van der Waals surface area (Å²) < 4.78 is 0. The average Bonchev–Trinajstić information content (AvgIpc) is 2.44. The van der Waals surface area contributed by atoms with Crippen LogP contribution < -0.4 is 5.32 Å². The third-order valence-corrected chi connectivity index (χ3v) is 4.32. The van der Waals surface area contributed by atoms with E-state index in [0.29, 0.717) is 6.54 Å². The first-order valence-corrected chi connectivity index (χ1v) is 8.31. The van der Waals surface area contributed by atoms with Gasteiger partial charge in [0.05, 0.1) is 6.54 Å². The van der Waals surface area contributed by atoms with Crippen LogP contribution in [0.25, 0.3) is 0 Å². The predicted octanol–water partition coefficient (Wildman–Crippen LogP) is 3.76. The van der Waals surface area contributed by atoms with Crippen molar-refractivity contribution in [1.29, 1.82) is 0 Å². The summed E-state index contributed by atoms with van der Waals surface area (Å²) in [5, 5.41) is 3.13. The molecule has 0 spiro atoms. The Bertz CT molecular complexity index is 462. The summed E-state index contributed by atoms with van der Waals surface area (Å²) in [4.78, 5) is 14.7. The molecular formula is C18H28N2O. The minimum Gasteiger partial charge on any atom is -0.324 e. The van der Waals surface area contributed by atoms with Crippen LogP contribution in [0.1, 0.15) is 50.2 Å². The van der Waals surface area contributed by atoms with E-state index < -0.39 is 0 Å². The van der Waals surface area contributed by atoms with E-state index in [1.807, 2.05) is 0 Å².